The van der Waals surface area contributed by atoms with Crippen molar-refractivity contribution in [3.05, 3.63) is 70.8 Å². The highest BCUT2D eigenvalue weighted by molar-refractivity contribution is 6.22. The number of fused-ring (bicyclic) bond motifs is 1. The van der Waals surface area contributed by atoms with Crippen LogP contribution in [-0.2, 0) is 20.9 Å². The van der Waals surface area contributed by atoms with Crippen LogP contribution in [0.1, 0.15) is 38.8 Å². The number of nitrogens with zero attached hydrogens (tertiary/aromatic N) is 2. The van der Waals surface area contributed by atoms with Crippen LogP contribution < -0.4 is 0 Å². The zero-order valence-electron chi connectivity index (χ0n) is 16.5. The molecule has 29 heavy (non-hydrogen) atoms. The van der Waals surface area contributed by atoms with E-state index in [-0.39, 0.29) is 17.0 Å². The molecule has 0 aliphatic carbocycles. The van der Waals surface area contributed by atoms with Crippen molar-refractivity contribution < 1.29 is 23.9 Å². The van der Waals surface area contributed by atoms with E-state index in [1.54, 1.807) is 19.2 Å². The molecular weight excluding hydrogens is 372 g/mol. The maximum atomic E-state index is 12.4. The Morgan fingerprint density at radius 2 is 1.55 bits per heavy atom. The van der Waals surface area contributed by atoms with E-state index >= 15 is 0 Å². The maximum absolute atomic E-state index is 12.4. The lowest BCUT2D eigenvalue weighted by Gasteiger charge is -2.22. The third-order valence-corrected chi connectivity index (χ3v) is 4.86. The van der Waals surface area contributed by atoms with Gasteiger partial charge < -0.3 is 9.64 Å². The lowest BCUT2D eigenvalue weighted by molar-refractivity contribution is -0.154. The topological polar surface area (TPSA) is 84.0 Å². The first-order valence-corrected chi connectivity index (χ1v) is 9.22. The molecule has 0 radical (unpaired) electrons. The average molecular weight is 394 g/mol. The van der Waals surface area contributed by atoms with Gasteiger partial charge in [-0.05, 0) is 31.5 Å². The summed E-state index contributed by atoms with van der Waals surface area (Å²) < 4.78 is 5.08. The van der Waals surface area contributed by atoms with Gasteiger partial charge in [0, 0.05) is 13.6 Å². The third kappa shape index (κ3) is 4.18. The predicted molar refractivity (Wildman–Crippen MR) is 105 cm³/mol. The highest BCUT2D eigenvalue weighted by atomic mass is 16.5. The SMILES string of the molecule is Cc1ccc(CN(C)C(=O)COC(=O)[C@H](C)N2C(=O)c3ccccc3C2=O)cc1. The Labute approximate surface area is 168 Å². The van der Waals surface area contributed by atoms with Crippen molar-refractivity contribution in [2.45, 2.75) is 26.4 Å². The molecule has 0 aromatic heterocycles. The fourth-order valence-electron chi connectivity index (χ4n) is 3.08. The Morgan fingerprint density at radius 3 is 2.10 bits per heavy atom. The summed E-state index contributed by atoms with van der Waals surface area (Å²) in [5.41, 5.74) is 2.59. The molecule has 2 aromatic rings. The molecule has 3 rings (SSSR count). The van der Waals surface area contributed by atoms with Crippen LogP contribution in [0.5, 0.6) is 0 Å². The fourth-order valence-corrected chi connectivity index (χ4v) is 3.08. The van der Waals surface area contributed by atoms with Crippen LogP contribution in [0.25, 0.3) is 0 Å². The first-order valence-electron chi connectivity index (χ1n) is 9.22. The van der Waals surface area contributed by atoms with Crippen LogP contribution in [0.15, 0.2) is 48.5 Å². The lowest BCUT2D eigenvalue weighted by atomic mass is 10.1. The molecule has 1 aliphatic heterocycles. The Kier molecular flexibility index (Phi) is 5.77. The number of likely N-dealkylation sites (N-methyl/N-ethyl adjacent to an activating group) is 1. The summed E-state index contributed by atoms with van der Waals surface area (Å²) in [4.78, 5) is 51.8. The Morgan fingerprint density at radius 1 is 1.00 bits per heavy atom. The van der Waals surface area contributed by atoms with E-state index in [0.717, 1.165) is 16.0 Å². The number of carbonyl (C=O) groups excluding carboxylic acids is 4. The second kappa shape index (κ2) is 8.26. The minimum absolute atomic E-state index is 0.256. The van der Waals surface area contributed by atoms with E-state index in [2.05, 4.69) is 0 Å². The van der Waals surface area contributed by atoms with Gasteiger partial charge in [0.05, 0.1) is 11.1 Å². The minimum Gasteiger partial charge on any atom is -0.454 e. The Hall–Kier alpha value is -3.48. The average Bonchev–Trinajstić information content (AvgIpc) is 2.97. The van der Waals surface area contributed by atoms with Crippen molar-refractivity contribution in [3.8, 4) is 0 Å². The van der Waals surface area contributed by atoms with Crippen molar-refractivity contribution in [2.75, 3.05) is 13.7 Å². The van der Waals surface area contributed by atoms with Crippen LogP contribution >= 0.6 is 0 Å². The summed E-state index contributed by atoms with van der Waals surface area (Å²) >= 11 is 0. The first kappa shape index (κ1) is 20.3. The Bertz CT molecular complexity index is 932. The number of amides is 3. The molecule has 7 nitrogen and oxygen atoms in total. The summed E-state index contributed by atoms with van der Waals surface area (Å²) in [5.74, 6) is -2.28. The van der Waals surface area contributed by atoms with Crippen LogP contribution in [0.4, 0.5) is 0 Å². The normalized spacial score (nSPS) is 13.8. The van der Waals surface area contributed by atoms with E-state index in [0.29, 0.717) is 6.54 Å². The second-order valence-corrected chi connectivity index (χ2v) is 7.04. The van der Waals surface area contributed by atoms with Gasteiger partial charge in [0.25, 0.3) is 17.7 Å². The van der Waals surface area contributed by atoms with Gasteiger partial charge in [0.15, 0.2) is 6.61 Å². The van der Waals surface area contributed by atoms with E-state index in [4.69, 9.17) is 4.74 Å². The van der Waals surface area contributed by atoms with Gasteiger partial charge >= 0.3 is 5.97 Å². The number of benzene rings is 2. The molecular formula is C22H22N2O5. The first-order chi connectivity index (χ1) is 13.8. The molecule has 0 bridgehead atoms. The molecule has 7 heteroatoms. The fraction of sp³-hybridized carbons (Fsp3) is 0.273. The van der Waals surface area contributed by atoms with Gasteiger partial charge in [-0.25, -0.2) is 4.79 Å². The van der Waals surface area contributed by atoms with Gasteiger partial charge in [-0.1, -0.05) is 42.0 Å². The van der Waals surface area contributed by atoms with Gasteiger partial charge in [0.1, 0.15) is 6.04 Å². The largest absolute Gasteiger partial charge is 0.454 e. The second-order valence-electron chi connectivity index (χ2n) is 7.04. The Balaban J connectivity index is 1.56. The summed E-state index contributed by atoms with van der Waals surface area (Å²) in [7, 11) is 1.61. The summed E-state index contributed by atoms with van der Waals surface area (Å²) in [5, 5.41) is 0. The van der Waals surface area contributed by atoms with Crippen LogP contribution in [0, 0.1) is 6.92 Å². The van der Waals surface area contributed by atoms with Crippen molar-refractivity contribution in [3.63, 3.8) is 0 Å². The van der Waals surface area contributed by atoms with Crippen molar-refractivity contribution >= 4 is 23.7 Å². The van der Waals surface area contributed by atoms with Crippen molar-refractivity contribution in [1.29, 1.82) is 0 Å². The zero-order chi connectivity index (χ0) is 21.1. The van der Waals surface area contributed by atoms with E-state index in [1.165, 1.54) is 24.0 Å². The third-order valence-electron chi connectivity index (χ3n) is 4.86. The number of esters is 1. The van der Waals surface area contributed by atoms with Gasteiger partial charge in [-0.15, -0.1) is 0 Å². The number of rotatable bonds is 6. The van der Waals surface area contributed by atoms with Crippen molar-refractivity contribution in [1.82, 2.24) is 9.80 Å². The molecule has 1 atom stereocenters. The number of hydrogen-bond acceptors (Lipinski definition) is 5. The maximum Gasteiger partial charge on any atom is 0.329 e. The van der Waals surface area contributed by atoms with Crippen molar-refractivity contribution in [2.24, 2.45) is 0 Å². The van der Waals surface area contributed by atoms with Gasteiger partial charge in [0.2, 0.25) is 0 Å². The van der Waals surface area contributed by atoms with E-state index in [9.17, 15) is 19.2 Å². The highest BCUT2D eigenvalue weighted by Crippen LogP contribution is 2.24. The number of hydrogen-bond donors (Lipinski definition) is 0. The van der Waals surface area contributed by atoms with Crippen LogP contribution in [0.3, 0.4) is 0 Å². The molecule has 1 aliphatic rings. The molecule has 150 valence electrons. The van der Waals surface area contributed by atoms with Crippen LogP contribution in [-0.4, -0.2) is 53.2 Å². The molecule has 0 saturated carbocycles. The standard InChI is InChI=1S/C22H22N2O5/c1-14-8-10-16(11-9-14)12-23(3)19(25)13-29-22(28)15(2)24-20(26)17-6-4-5-7-18(17)21(24)27/h4-11,15H,12-13H2,1-3H3/t15-/m0/s1. The van der Waals surface area contributed by atoms with E-state index < -0.39 is 30.4 Å². The summed E-state index contributed by atoms with van der Waals surface area (Å²) in [6.07, 6.45) is 0. The molecule has 0 spiro atoms. The summed E-state index contributed by atoms with van der Waals surface area (Å²) in [6, 6.07) is 13.0. The minimum atomic E-state index is -1.13. The molecule has 0 fully saturated rings. The van der Waals surface area contributed by atoms with Gasteiger partial charge in [-0.2, -0.15) is 0 Å². The number of carbonyl (C=O) groups is 4. The monoisotopic (exact) mass is 394 g/mol. The van der Waals surface area contributed by atoms with E-state index in [1.807, 2.05) is 31.2 Å². The lowest BCUT2D eigenvalue weighted by Crippen LogP contribution is -2.44. The number of imide groups is 1. The molecule has 3 amide bonds. The molecule has 0 unspecified atom stereocenters. The molecule has 0 N–H and O–H groups in total. The summed E-state index contributed by atoms with van der Waals surface area (Å²) in [6.45, 7) is 3.30. The molecule has 1 heterocycles. The quantitative estimate of drug-likeness (QED) is 0.554. The predicted octanol–water partition coefficient (Wildman–Crippen LogP) is 2.18. The zero-order valence-corrected chi connectivity index (χ0v) is 16.5. The number of aryl methyl sites for hydroxylation is 1. The van der Waals surface area contributed by atoms with Crippen LogP contribution in [0.2, 0.25) is 0 Å². The molecule has 2 aromatic carbocycles. The molecule has 0 saturated heterocycles. The highest BCUT2D eigenvalue weighted by Gasteiger charge is 2.41. The smallest absolute Gasteiger partial charge is 0.329 e. The van der Waals surface area contributed by atoms with Gasteiger partial charge in [-0.3, -0.25) is 19.3 Å². The number of ether oxygens (including phenoxy) is 1.